The van der Waals surface area contributed by atoms with Crippen LogP contribution in [0, 0.1) is 0 Å². The molecule has 0 atom stereocenters. The topological polar surface area (TPSA) is 0 Å². The van der Waals surface area contributed by atoms with Crippen LogP contribution >= 0.6 is 0 Å². The molecule has 0 aromatic heterocycles. The predicted molar refractivity (Wildman–Crippen MR) is 80.0 cm³/mol. The first-order valence-electron chi connectivity index (χ1n) is 5.94. The van der Waals surface area contributed by atoms with Gasteiger partial charge in [-0.3, -0.25) is 0 Å². The van der Waals surface area contributed by atoms with E-state index < -0.39 is 0 Å². The zero-order chi connectivity index (χ0) is 13.6. The van der Waals surface area contributed by atoms with Gasteiger partial charge in [0.15, 0.2) is 0 Å². The Hall–Kier alpha value is -0.585. The van der Waals surface area contributed by atoms with Gasteiger partial charge in [0.25, 0.3) is 0 Å². The van der Waals surface area contributed by atoms with Crippen molar-refractivity contribution in [3.8, 4) is 0 Å². The summed E-state index contributed by atoms with van der Waals surface area (Å²) in [6.07, 6.45) is 0. The molecule has 0 amide bonds. The minimum atomic E-state index is -0.0358. The predicted octanol–water partition coefficient (Wildman–Crippen LogP) is 0.663. The van der Waals surface area contributed by atoms with Crippen molar-refractivity contribution in [1.29, 1.82) is 0 Å². The summed E-state index contributed by atoms with van der Waals surface area (Å²) in [5, 5.41) is 0. The van der Waals surface area contributed by atoms with Gasteiger partial charge in [-0.05, 0) is 22.0 Å². The van der Waals surface area contributed by atoms with Gasteiger partial charge >= 0.3 is 0 Å². The molecule has 6 radical (unpaired) electrons. The van der Waals surface area contributed by atoms with Crippen LogP contribution in [0.25, 0.3) is 0 Å². The Morgan fingerprint density at radius 2 is 0.941 bits per heavy atom. The third kappa shape index (κ3) is 2.81. The minimum absolute atomic E-state index is 0.0358. The molecule has 0 bridgehead atoms. The zero-order valence-corrected chi connectivity index (χ0v) is 11.8. The summed E-state index contributed by atoms with van der Waals surface area (Å²) >= 11 is 0. The van der Waals surface area contributed by atoms with E-state index in [-0.39, 0.29) is 10.8 Å². The highest BCUT2D eigenvalue weighted by molar-refractivity contribution is 6.58. The molecule has 84 valence electrons. The summed E-state index contributed by atoms with van der Waals surface area (Å²) in [5.74, 6) is 0. The Bertz CT molecular complexity index is 396. The second-order valence-electron chi connectivity index (χ2n) is 6.71. The average molecular weight is 220 g/mol. The highest BCUT2D eigenvalue weighted by atomic mass is 14.3. The van der Waals surface area contributed by atoms with Crippen LogP contribution in [-0.4, -0.2) is 23.5 Å². The molecule has 0 fully saturated rings. The first kappa shape index (κ1) is 14.5. The Morgan fingerprint density at radius 3 is 1.18 bits per heavy atom. The van der Waals surface area contributed by atoms with Gasteiger partial charge in [0.1, 0.15) is 23.5 Å². The van der Waals surface area contributed by atoms with Gasteiger partial charge in [-0.2, -0.15) is 0 Å². The van der Waals surface area contributed by atoms with Crippen molar-refractivity contribution >= 4 is 39.9 Å². The number of benzene rings is 1. The second kappa shape index (κ2) is 4.26. The molecule has 0 saturated heterocycles. The number of rotatable bonds is 0. The molecule has 0 aliphatic rings. The lowest BCUT2D eigenvalue weighted by Crippen LogP contribution is -2.47. The van der Waals surface area contributed by atoms with E-state index in [0.717, 1.165) is 11.1 Å². The van der Waals surface area contributed by atoms with Crippen LogP contribution in [0.5, 0.6) is 0 Å². The van der Waals surface area contributed by atoms with Crippen molar-refractivity contribution in [2.75, 3.05) is 0 Å². The molecular weight excluding hydrogens is 201 g/mol. The zero-order valence-electron chi connectivity index (χ0n) is 11.8. The van der Waals surface area contributed by atoms with Crippen LogP contribution in [0.2, 0.25) is 0 Å². The average Bonchev–Trinajstić information content (AvgIpc) is 2.10. The molecule has 0 heterocycles. The summed E-state index contributed by atoms with van der Waals surface area (Å²) < 4.78 is 0. The van der Waals surface area contributed by atoms with E-state index in [4.69, 9.17) is 23.5 Å². The standard InChI is InChI=1S/C14H19B3/c1-13(2,3)8-7-9(14(4,5)6)11(16)12(17)10(8)15/h7H,1-6H3. The van der Waals surface area contributed by atoms with Crippen molar-refractivity contribution < 1.29 is 0 Å². The molecule has 0 unspecified atom stereocenters. The molecular formula is C14H19B3. The van der Waals surface area contributed by atoms with Gasteiger partial charge < -0.3 is 0 Å². The second-order valence-corrected chi connectivity index (χ2v) is 6.71. The summed E-state index contributed by atoms with van der Waals surface area (Å²) in [6, 6.07) is 2.10. The quantitative estimate of drug-likeness (QED) is 0.563. The summed E-state index contributed by atoms with van der Waals surface area (Å²) in [6.45, 7) is 12.8. The van der Waals surface area contributed by atoms with Gasteiger partial charge in [0, 0.05) is 0 Å². The van der Waals surface area contributed by atoms with Crippen molar-refractivity contribution in [3.05, 3.63) is 17.2 Å². The van der Waals surface area contributed by atoms with Crippen LogP contribution in [0.15, 0.2) is 6.07 Å². The van der Waals surface area contributed by atoms with Crippen LogP contribution in [-0.2, 0) is 10.8 Å². The first-order valence-corrected chi connectivity index (χ1v) is 5.94. The first-order chi connectivity index (χ1) is 7.46. The molecule has 0 nitrogen and oxygen atoms in total. The van der Waals surface area contributed by atoms with Gasteiger partial charge in [-0.15, -0.1) is 16.4 Å². The Balaban J connectivity index is 3.63. The Morgan fingerprint density at radius 1 is 0.647 bits per heavy atom. The van der Waals surface area contributed by atoms with Crippen LogP contribution in [0.4, 0.5) is 0 Å². The van der Waals surface area contributed by atoms with Crippen LogP contribution in [0.1, 0.15) is 52.7 Å². The highest BCUT2D eigenvalue weighted by Crippen LogP contribution is 2.25. The Kier molecular flexibility index (Phi) is 3.63. The van der Waals surface area contributed by atoms with Crippen molar-refractivity contribution in [1.82, 2.24) is 0 Å². The van der Waals surface area contributed by atoms with E-state index >= 15 is 0 Å². The minimum Gasteiger partial charge on any atom is -0.110 e. The normalized spacial score (nSPS) is 12.8. The lowest BCUT2D eigenvalue weighted by atomic mass is 9.62. The van der Waals surface area contributed by atoms with Gasteiger partial charge in [0.05, 0.1) is 0 Å². The van der Waals surface area contributed by atoms with Crippen molar-refractivity contribution in [2.24, 2.45) is 0 Å². The van der Waals surface area contributed by atoms with Gasteiger partial charge in [0.2, 0.25) is 0 Å². The fraction of sp³-hybridized carbons (Fsp3) is 0.571. The molecule has 0 saturated carbocycles. The molecule has 1 aromatic rings. The smallest absolute Gasteiger partial charge is 0.110 e. The fourth-order valence-corrected chi connectivity index (χ4v) is 1.98. The lowest BCUT2D eigenvalue weighted by molar-refractivity contribution is 0.574. The van der Waals surface area contributed by atoms with Gasteiger partial charge in [-0.1, -0.05) is 47.6 Å². The van der Waals surface area contributed by atoms with E-state index in [1.807, 2.05) is 0 Å². The van der Waals surface area contributed by atoms with E-state index in [9.17, 15) is 0 Å². The molecule has 0 aliphatic carbocycles. The van der Waals surface area contributed by atoms with Crippen molar-refractivity contribution in [3.63, 3.8) is 0 Å². The summed E-state index contributed by atoms with van der Waals surface area (Å²) in [4.78, 5) is 0. The molecule has 3 heteroatoms. The number of hydrogen-bond donors (Lipinski definition) is 0. The maximum Gasteiger partial charge on any atom is 0.113 e. The maximum atomic E-state index is 6.08. The maximum absolute atomic E-state index is 6.08. The van der Waals surface area contributed by atoms with Crippen molar-refractivity contribution in [2.45, 2.75) is 52.4 Å². The van der Waals surface area contributed by atoms with Gasteiger partial charge in [-0.25, -0.2) is 0 Å². The highest BCUT2D eigenvalue weighted by Gasteiger charge is 2.23. The summed E-state index contributed by atoms with van der Waals surface area (Å²) in [7, 11) is 18.2. The monoisotopic (exact) mass is 220 g/mol. The van der Waals surface area contributed by atoms with Crippen LogP contribution in [0.3, 0.4) is 0 Å². The number of hydrogen-bond acceptors (Lipinski definition) is 0. The molecule has 0 N–H and O–H groups in total. The SMILES string of the molecule is [B]c1c(C(C)(C)C)cc(C(C)(C)C)c([B])c1[B]. The fourth-order valence-electron chi connectivity index (χ4n) is 1.98. The molecule has 0 spiro atoms. The van der Waals surface area contributed by atoms with E-state index in [1.165, 1.54) is 0 Å². The molecule has 0 aliphatic heterocycles. The van der Waals surface area contributed by atoms with E-state index in [1.54, 1.807) is 0 Å². The molecule has 1 aromatic carbocycles. The van der Waals surface area contributed by atoms with Crippen LogP contribution < -0.4 is 16.4 Å². The summed E-state index contributed by atoms with van der Waals surface area (Å²) in [5.41, 5.74) is 3.80. The third-order valence-electron chi connectivity index (χ3n) is 3.07. The Labute approximate surface area is 110 Å². The van der Waals surface area contributed by atoms with E-state index in [2.05, 4.69) is 47.6 Å². The lowest BCUT2D eigenvalue weighted by Gasteiger charge is -2.31. The third-order valence-corrected chi connectivity index (χ3v) is 3.07. The largest absolute Gasteiger partial charge is 0.113 e. The van der Waals surface area contributed by atoms with E-state index in [0.29, 0.717) is 16.4 Å². The molecule has 17 heavy (non-hydrogen) atoms. The molecule has 1 rings (SSSR count).